The number of nitrogens with zero attached hydrogens (tertiary/aromatic N) is 2. The third-order valence-corrected chi connectivity index (χ3v) is 3.19. The van der Waals surface area contributed by atoms with Gasteiger partial charge in [0.1, 0.15) is 0 Å². The molecule has 4 nitrogen and oxygen atoms in total. The van der Waals surface area contributed by atoms with Crippen LogP contribution in [0.25, 0.3) is 0 Å². The number of thiophene rings is 1. The first kappa shape index (κ1) is 12.0. The van der Waals surface area contributed by atoms with Crippen molar-refractivity contribution in [1.82, 2.24) is 15.1 Å². The topological polar surface area (TPSA) is 46.9 Å². The van der Waals surface area contributed by atoms with Crippen molar-refractivity contribution in [3.05, 3.63) is 51.1 Å². The van der Waals surface area contributed by atoms with Gasteiger partial charge in [-0.05, 0) is 41.4 Å². The predicted molar refractivity (Wildman–Crippen MR) is 69.4 cm³/mol. The molecule has 2 heterocycles. The van der Waals surface area contributed by atoms with Gasteiger partial charge in [-0.3, -0.25) is 4.79 Å². The van der Waals surface area contributed by atoms with Crippen molar-refractivity contribution in [3.8, 4) is 0 Å². The van der Waals surface area contributed by atoms with Crippen LogP contribution >= 0.6 is 11.3 Å². The second-order valence-corrected chi connectivity index (χ2v) is 4.50. The summed E-state index contributed by atoms with van der Waals surface area (Å²) in [7, 11) is 0. The van der Waals surface area contributed by atoms with E-state index in [-0.39, 0.29) is 5.56 Å². The van der Waals surface area contributed by atoms with Crippen LogP contribution in [0.3, 0.4) is 0 Å². The molecule has 90 valence electrons. The van der Waals surface area contributed by atoms with Crippen LogP contribution in [-0.4, -0.2) is 22.9 Å². The quantitative estimate of drug-likeness (QED) is 0.781. The van der Waals surface area contributed by atoms with E-state index in [1.165, 1.54) is 16.3 Å². The number of nitrogens with one attached hydrogen (secondary N) is 1. The normalized spacial score (nSPS) is 10.6. The van der Waals surface area contributed by atoms with Gasteiger partial charge >= 0.3 is 0 Å². The summed E-state index contributed by atoms with van der Waals surface area (Å²) in [4.78, 5) is 11.3. The van der Waals surface area contributed by atoms with Crippen molar-refractivity contribution in [1.29, 1.82) is 0 Å². The molecule has 0 saturated heterocycles. The second kappa shape index (κ2) is 6.32. The zero-order chi connectivity index (χ0) is 11.9. The van der Waals surface area contributed by atoms with Crippen LogP contribution in [0.2, 0.25) is 0 Å². The van der Waals surface area contributed by atoms with E-state index in [2.05, 4.69) is 27.2 Å². The summed E-state index contributed by atoms with van der Waals surface area (Å²) in [6.07, 6.45) is 2.66. The van der Waals surface area contributed by atoms with Crippen LogP contribution in [-0.2, 0) is 13.0 Å². The monoisotopic (exact) mass is 249 g/mol. The smallest absolute Gasteiger partial charge is 0.266 e. The summed E-state index contributed by atoms with van der Waals surface area (Å²) in [6, 6.07) is 5.32. The van der Waals surface area contributed by atoms with E-state index in [1.54, 1.807) is 23.6 Å². The fourth-order valence-corrected chi connectivity index (χ4v) is 2.24. The van der Waals surface area contributed by atoms with Gasteiger partial charge in [0.2, 0.25) is 0 Å². The Balaban J connectivity index is 1.67. The van der Waals surface area contributed by atoms with E-state index in [0.29, 0.717) is 6.54 Å². The van der Waals surface area contributed by atoms with Crippen molar-refractivity contribution >= 4 is 11.3 Å². The van der Waals surface area contributed by atoms with Gasteiger partial charge in [-0.15, -0.1) is 0 Å². The molecule has 0 amide bonds. The van der Waals surface area contributed by atoms with E-state index >= 15 is 0 Å². The molecule has 0 unspecified atom stereocenters. The largest absolute Gasteiger partial charge is 0.315 e. The first-order valence-corrected chi connectivity index (χ1v) is 6.54. The molecule has 0 fully saturated rings. The van der Waals surface area contributed by atoms with Gasteiger partial charge in [-0.1, -0.05) is 0 Å². The molecule has 0 saturated carbocycles. The standard InChI is InChI=1S/C12H15N3OS/c16-12-2-1-5-14-15(12)8-7-13-6-3-11-4-9-17-10-11/h1-2,4-5,9-10,13H,3,6-8H2. The van der Waals surface area contributed by atoms with Gasteiger partial charge in [0, 0.05) is 18.8 Å². The fourth-order valence-electron chi connectivity index (χ4n) is 1.53. The highest BCUT2D eigenvalue weighted by Gasteiger charge is 1.95. The summed E-state index contributed by atoms with van der Waals surface area (Å²) in [6.45, 7) is 2.31. The SMILES string of the molecule is O=c1cccnn1CCNCCc1ccsc1. The molecule has 0 aliphatic rings. The third kappa shape index (κ3) is 3.80. The van der Waals surface area contributed by atoms with Crippen LogP contribution in [0.4, 0.5) is 0 Å². The molecule has 0 spiro atoms. The zero-order valence-corrected chi connectivity index (χ0v) is 10.3. The maximum atomic E-state index is 11.3. The Morgan fingerprint density at radius 3 is 3.06 bits per heavy atom. The molecule has 0 aromatic carbocycles. The number of rotatable bonds is 6. The fraction of sp³-hybridized carbons (Fsp3) is 0.333. The molecule has 0 radical (unpaired) electrons. The van der Waals surface area contributed by atoms with Gasteiger partial charge < -0.3 is 5.32 Å². The zero-order valence-electron chi connectivity index (χ0n) is 9.50. The van der Waals surface area contributed by atoms with E-state index in [4.69, 9.17) is 0 Å². The Morgan fingerprint density at radius 2 is 2.29 bits per heavy atom. The lowest BCUT2D eigenvalue weighted by Gasteiger charge is -2.05. The third-order valence-electron chi connectivity index (χ3n) is 2.46. The maximum absolute atomic E-state index is 11.3. The first-order valence-electron chi connectivity index (χ1n) is 5.60. The van der Waals surface area contributed by atoms with Crippen molar-refractivity contribution in [2.75, 3.05) is 13.1 Å². The Kier molecular flexibility index (Phi) is 4.46. The van der Waals surface area contributed by atoms with Gasteiger partial charge in [0.05, 0.1) is 6.54 Å². The summed E-state index contributed by atoms with van der Waals surface area (Å²) < 4.78 is 1.47. The van der Waals surface area contributed by atoms with Crippen molar-refractivity contribution in [2.24, 2.45) is 0 Å². The minimum Gasteiger partial charge on any atom is -0.315 e. The summed E-state index contributed by atoms with van der Waals surface area (Å²) in [5.41, 5.74) is 1.31. The molecule has 2 rings (SSSR count). The molecular formula is C12H15N3OS. The minimum atomic E-state index is -0.0489. The summed E-state index contributed by atoms with van der Waals surface area (Å²) in [5, 5.41) is 11.5. The highest BCUT2D eigenvalue weighted by Crippen LogP contribution is 2.05. The van der Waals surface area contributed by atoms with E-state index in [1.807, 2.05) is 0 Å². The molecule has 0 atom stereocenters. The molecule has 0 aliphatic heterocycles. The van der Waals surface area contributed by atoms with E-state index in [0.717, 1.165) is 19.5 Å². The first-order chi connectivity index (χ1) is 8.36. The molecule has 17 heavy (non-hydrogen) atoms. The molecular weight excluding hydrogens is 234 g/mol. The van der Waals surface area contributed by atoms with Crippen LogP contribution in [0.5, 0.6) is 0 Å². The molecule has 2 aromatic heterocycles. The van der Waals surface area contributed by atoms with Crippen molar-refractivity contribution in [3.63, 3.8) is 0 Å². The minimum absolute atomic E-state index is 0.0489. The van der Waals surface area contributed by atoms with Gasteiger partial charge in [-0.25, -0.2) is 4.68 Å². The van der Waals surface area contributed by atoms with Gasteiger partial charge in [0.15, 0.2) is 0 Å². The van der Waals surface area contributed by atoms with Crippen LogP contribution in [0.15, 0.2) is 40.0 Å². The molecule has 0 bridgehead atoms. The molecule has 1 N–H and O–H groups in total. The molecule has 2 aromatic rings. The van der Waals surface area contributed by atoms with Crippen LogP contribution < -0.4 is 10.9 Å². The average molecular weight is 249 g/mol. The van der Waals surface area contributed by atoms with Gasteiger partial charge in [0.25, 0.3) is 5.56 Å². The van der Waals surface area contributed by atoms with Crippen molar-refractivity contribution < 1.29 is 0 Å². The Bertz CT molecular complexity index is 492. The van der Waals surface area contributed by atoms with Crippen LogP contribution in [0.1, 0.15) is 5.56 Å². The highest BCUT2D eigenvalue weighted by molar-refractivity contribution is 7.07. The van der Waals surface area contributed by atoms with Crippen LogP contribution in [0, 0.1) is 0 Å². The average Bonchev–Trinajstić information content (AvgIpc) is 2.84. The highest BCUT2D eigenvalue weighted by atomic mass is 32.1. The molecule has 0 aliphatic carbocycles. The van der Waals surface area contributed by atoms with E-state index < -0.39 is 0 Å². The predicted octanol–water partition coefficient (Wildman–Crippen LogP) is 1.14. The summed E-state index contributed by atoms with van der Waals surface area (Å²) in [5.74, 6) is 0. The van der Waals surface area contributed by atoms with E-state index in [9.17, 15) is 4.79 Å². The number of hydrogen-bond acceptors (Lipinski definition) is 4. The number of hydrogen-bond donors (Lipinski definition) is 1. The van der Waals surface area contributed by atoms with Crippen molar-refractivity contribution in [2.45, 2.75) is 13.0 Å². The lowest BCUT2D eigenvalue weighted by molar-refractivity contribution is 0.533. The Labute approximate surface area is 104 Å². The van der Waals surface area contributed by atoms with Gasteiger partial charge in [-0.2, -0.15) is 16.4 Å². The number of aromatic nitrogens is 2. The lowest BCUT2D eigenvalue weighted by Crippen LogP contribution is -2.29. The Morgan fingerprint density at radius 1 is 1.35 bits per heavy atom. The second-order valence-electron chi connectivity index (χ2n) is 3.72. The lowest BCUT2D eigenvalue weighted by atomic mass is 10.2. The maximum Gasteiger partial charge on any atom is 0.266 e. The molecule has 5 heteroatoms. The Hall–Kier alpha value is -1.46. The summed E-state index contributed by atoms with van der Waals surface area (Å²) >= 11 is 1.72.